The van der Waals surface area contributed by atoms with Gasteiger partial charge >= 0.3 is 42.4 Å². The molecule has 0 heterocycles. The molecule has 11 heteroatoms. The molecule has 2 aliphatic carbocycles. The van der Waals surface area contributed by atoms with Crippen molar-refractivity contribution in [3.8, 4) is 5.75 Å². The van der Waals surface area contributed by atoms with E-state index in [1.165, 1.54) is 34.3 Å². The van der Waals surface area contributed by atoms with Crippen molar-refractivity contribution in [3.05, 3.63) is 141 Å². The van der Waals surface area contributed by atoms with Crippen molar-refractivity contribution in [2.24, 2.45) is 11.8 Å². The molecule has 0 N–H and O–H groups in total. The second-order valence-electron chi connectivity index (χ2n) is 10.2. The molecule has 0 spiro atoms. The zero-order valence-electron chi connectivity index (χ0n) is 24.8. The van der Waals surface area contributed by atoms with E-state index in [2.05, 4.69) is 66.7 Å². The van der Waals surface area contributed by atoms with Gasteiger partial charge in [-0.15, -0.1) is 0 Å². The van der Waals surface area contributed by atoms with Crippen LogP contribution in [-0.4, -0.2) is 33.1 Å². The van der Waals surface area contributed by atoms with Crippen LogP contribution in [0.4, 0.5) is 0 Å². The van der Waals surface area contributed by atoms with Crippen molar-refractivity contribution in [2.45, 2.75) is 30.1 Å². The minimum Gasteiger partial charge on any atom is -0.744 e. The topological polar surface area (TPSA) is 124 Å². The summed E-state index contributed by atoms with van der Waals surface area (Å²) >= 11 is -0.0591. The molecule has 2 unspecified atom stereocenters. The molecule has 6 rings (SSSR count). The summed E-state index contributed by atoms with van der Waals surface area (Å²) in [6.07, 6.45) is 6.26. The van der Waals surface area contributed by atoms with Gasteiger partial charge in [-0.25, -0.2) is 16.8 Å². The first kappa shape index (κ1) is 35.3. The van der Waals surface area contributed by atoms with Gasteiger partial charge in [0.2, 0.25) is 7.16 Å². The van der Waals surface area contributed by atoms with Gasteiger partial charge in [-0.3, -0.25) is 0 Å². The summed E-state index contributed by atoms with van der Waals surface area (Å²) in [5, 5.41) is 0. The minimum absolute atomic E-state index is 0.00989. The number of hydrogen-bond acceptors (Lipinski definition) is 7. The van der Waals surface area contributed by atoms with Crippen molar-refractivity contribution in [1.82, 2.24) is 0 Å². The van der Waals surface area contributed by atoms with E-state index < -0.39 is 20.2 Å². The van der Waals surface area contributed by atoms with E-state index in [0.29, 0.717) is 0 Å². The number of allylic oxidation sites excluding steroid dienone is 4. The average molecular weight is 871 g/mol. The van der Waals surface area contributed by atoms with E-state index in [1.807, 2.05) is 17.4 Å². The summed E-state index contributed by atoms with van der Waals surface area (Å²) in [6, 6.07) is 31.4. The standard InChI is InChI=1S/C20H18I2O.2C7H8O3S/c1-23-18-11-9-17(10-12-18)22-20-15-8-7-14(13-15)19(20)21-16-5-3-2-4-6-16;2*1-6-2-4-7(5-3-6)11(8,9)10/h2-12,14-15H,13H2,1H3;2*2-5H,1H3,(H,8,9,10)/q+2;;/p-2. The second kappa shape index (κ2) is 15.8. The molecule has 2 aliphatic rings. The van der Waals surface area contributed by atoms with Crippen LogP contribution in [0.25, 0.3) is 0 Å². The molecular formula is C34H32I2O7S2. The quantitative estimate of drug-likeness (QED) is 0.147. The van der Waals surface area contributed by atoms with E-state index in [4.69, 9.17) is 4.74 Å². The Labute approximate surface area is 286 Å². The first-order valence-electron chi connectivity index (χ1n) is 13.8. The van der Waals surface area contributed by atoms with Crippen LogP contribution in [0.15, 0.2) is 132 Å². The van der Waals surface area contributed by atoms with Gasteiger partial charge in [0.15, 0.2) is 7.14 Å². The molecule has 4 aromatic rings. The van der Waals surface area contributed by atoms with E-state index in [0.717, 1.165) is 28.7 Å². The van der Waals surface area contributed by atoms with Crippen LogP contribution in [0, 0.1) is 32.8 Å². The molecule has 0 amide bonds. The lowest BCUT2D eigenvalue weighted by atomic mass is 10.2. The Hall–Kier alpha value is -2.56. The van der Waals surface area contributed by atoms with Crippen LogP contribution in [0.3, 0.4) is 0 Å². The summed E-state index contributed by atoms with van der Waals surface area (Å²) < 4.78 is 74.3. The highest BCUT2D eigenvalue weighted by atomic mass is 127. The van der Waals surface area contributed by atoms with Crippen LogP contribution < -0.4 is 47.1 Å². The lowest BCUT2D eigenvalue weighted by Gasteiger charge is -2.05. The number of hydrogen-bond donors (Lipinski definition) is 0. The summed E-state index contributed by atoms with van der Waals surface area (Å²) in [5.41, 5.74) is 1.86. The molecular weight excluding hydrogens is 838 g/mol. The highest BCUT2D eigenvalue weighted by Gasteiger charge is 2.50. The fourth-order valence-corrected chi connectivity index (χ4v) is 12.6. The van der Waals surface area contributed by atoms with Crippen molar-refractivity contribution in [2.75, 3.05) is 7.11 Å². The molecule has 236 valence electrons. The maximum Gasteiger partial charge on any atom is 0.358 e. The highest BCUT2D eigenvalue weighted by molar-refractivity contribution is 7.86. The lowest BCUT2D eigenvalue weighted by Crippen LogP contribution is -3.66. The summed E-state index contributed by atoms with van der Waals surface area (Å²) in [4.78, 5) is -0.355. The Morgan fingerprint density at radius 1 is 0.600 bits per heavy atom. The molecule has 7 nitrogen and oxygen atoms in total. The Bertz CT molecular complexity index is 1780. The maximum absolute atomic E-state index is 10.4. The van der Waals surface area contributed by atoms with E-state index in [9.17, 15) is 25.9 Å². The Kier molecular flexibility index (Phi) is 12.4. The number of ether oxygens (including phenoxy) is 1. The maximum atomic E-state index is 10.4. The second-order valence-corrected chi connectivity index (χ2v) is 18.9. The molecule has 2 atom stereocenters. The molecule has 2 bridgehead atoms. The molecule has 0 saturated carbocycles. The molecule has 0 radical (unpaired) electrons. The number of halogens is 2. The van der Waals surface area contributed by atoms with E-state index in [1.54, 1.807) is 38.5 Å². The molecule has 0 aromatic heterocycles. The van der Waals surface area contributed by atoms with Crippen LogP contribution in [0.1, 0.15) is 17.5 Å². The zero-order chi connectivity index (χ0) is 32.6. The van der Waals surface area contributed by atoms with Crippen LogP contribution in [0.2, 0.25) is 0 Å². The normalized spacial score (nSPS) is 16.8. The number of fused-ring (bicyclic) bond motifs is 2. The molecule has 4 aromatic carbocycles. The van der Waals surface area contributed by atoms with Gasteiger partial charge in [0.1, 0.15) is 26.0 Å². The minimum atomic E-state index is -4.27. The SMILES string of the molecule is COc1ccc([I+]C2=C([I+]c3ccccc3)C3C=CC2C3)cc1.Cc1ccc(S(=O)(=O)[O-])cc1.Cc1ccc(S(=O)(=O)[O-])cc1. The first-order chi connectivity index (χ1) is 21.3. The molecule has 0 saturated heterocycles. The predicted octanol–water partition coefficient (Wildman–Crippen LogP) is 0.128. The van der Waals surface area contributed by atoms with Gasteiger partial charge in [0.25, 0.3) is 0 Å². The Morgan fingerprint density at radius 2 is 1.00 bits per heavy atom. The Balaban J connectivity index is 0.000000176. The van der Waals surface area contributed by atoms with Crippen LogP contribution >= 0.6 is 0 Å². The van der Waals surface area contributed by atoms with Crippen molar-refractivity contribution < 1.29 is 73.1 Å². The number of aryl methyl sites for hydroxylation is 2. The van der Waals surface area contributed by atoms with Gasteiger partial charge in [-0.2, -0.15) is 0 Å². The predicted molar refractivity (Wildman–Crippen MR) is 163 cm³/mol. The van der Waals surface area contributed by atoms with Crippen LogP contribution in [-0.2, 0) is 20.2 Å². The zero-order valence-corrected chi connectivity index (χ0v) is 30.7. The third-order valence-corrected chi connectivity index (χ3v) is 16.1. The molecule has 0 aliphatic heterocycles. The van der Waals surface area contributed by atoms with Crippen molar-refractivity contribution >= 4 is 20.2 Å². The van der Waals surface area contributed by atoms with Crippen molar-refractivity contribution in [1.29, 1.82) is 0 Å². The third-order valence-electron chi connectivity index (χ3n) is 6.79. The van der Waals surface area contributed by atoms with Gasteiger partial charge < -0.3 is 13.8 Å². The smallest absolute Gasteiger partial charge is 0.358 e. The fourth-order valence-electron chi connectivity index (χ4n) is 4.42. The third kappa shape index (κ3) is 10.5. The van der Waals surface area contributed by atoms with Gasteiger partial charge in [0.05, 0.1) is 28.7 Å². The van der Waals surface area contributed by atoms with Gasteiger partial charge in [-0.05, 0) is 80.9 Å². The summed E-state index contributed by atoms with van der Waals surface area (Å²) in [6.45, 7) is 3.64. The first-order valence-corrected chi connectivity index (χ1v) is 20.9. The Morgan fingerprint density at radius 3 is 1.38 bits per heavy atom. The number of benzene rings is 4. The highest BCUT2D eigenvalue weighted by Crippen LogP contribution is 2.36. The van der Waals surface area contributed by atoms with E-state index >= 15 is 0 Å². The van der Waals surface area contributed by atoms with Crippen LogP contribution in [0.5, 0.6) is 5.75 Å². The molecule has 45 heavy (non-hydrogen) atoms. The largest absolute Gasteiger partial charge is 0.744 e. The van der Waals surface area contributed by atoms with E-state index in [-0.39, 0.29) is 52.2 Å². The van der Waals surface area contributed by atoms with Gasteiger partial charge in [-0.1, -0.05) is 65.7 Å². The fraction of sp³-hybridized carbons (Fsp3) is 0.176. The monoisotopic (exact) mass is 870 g/mol. The number of rotatable bonds is 7. The lowest BCUT2D eigenvalue weighted by molar-refractivity contribution is -0.622. The molecule has 0 fully saturated rings. The van der Waals surface area contributed by atoms with Crippen molar-refractivity contribution in [3.63, 3.8) is 0 Å². The summed E-state index contributed by atoms with van der Waals surface area (Å²) in [7, 11) is -6.81. The summed E-state index contributed by atoms with van der Waals surface area (Å²) in [5.74, 6) is 2.42. The average Bonchev–Trinajstić information content (AvgIpc) is 3.61. The number of methoxy groups -OCH3 is 1. The van der Waals surface area contributed by atoms with Gasteiger partial charge in [0, 0.05) is 0 Å².